The highest BCUT2D eigenvalue weighted by molar-refractivity contribution is 5.75. The zero-order valence-electron chi connectivity index (χ0n) is 11.2. The predicted octanol–water partition coefficient (Wildman–Crippen LogP) is 2.60. The first kappa shape index (κ1) is 13.3. The average Bonchev–Trinajstić information content (AvgIpc) is 2.58. The molecule has 1 saturated heterocycles. The monoisotopic (exact) mass is 250 g/mol. The molecule has 0 aromatic rings. The Bertz CT molecular complexity index is 383. The van der Waals surface area contributed by atoms with Crippen molar-refractivity contribution in [2.24, 2.45) is 11.8 Å². The van der Waals surface area contributed by atoms with Gasteiger partial charge in [0.1, 0.15) is 6.10 Å². The second kappa shape index (κ2) is 5.27. The molecule has 1 unspecified atom stereocenters. The second-order valence-electron chi connectivity index (χ2n) is 5.62. The molecule has 3 heteroatoms. The van der Waals surface area contributed by atoms with E-state index in [1.807, 2.05) is 13.8 Å². The summed E-state index contributed by atoms with van der Waals surface area (Å²) >= 11 is 0. The summed E-state index contributed by atoms with van der Waals surface area (Å²) in [4.78, 5) is 11.7. The van der Waals surface area contributed by atoms with Gasteiger partial charge in [-0.15, -0.1) is 0 Å². The SMILES string of the molecule is C=C1CCC2[C@H](C)C(=O)O[C@@H]2/C=C(/C)CC[C@@H]1O. The van der Waals surface area contributed by atoms with Gasteiger partial charge in [-0.3, -0.25) is 4.79 Å². The lowest BCUT2D eigenvalue weighted by molar-refractivity contribution is -0.142. The van der Waals surface area contributed by atoms with E-state index in [0.29, 0.717) is 6.42 Å². The number of hydrogen-bond acceptors (Lipinski definition) is 3. The zero-order valence-corrected chi connectivity index (χ0v) is 11.2. The molecule has 0 saturated carbocycles. The molecule has 0 aromatic carbocycles. The number of rotatable bonds is 0. The molecule has 18 heavy (non-hydrogen) atoms. The number of fused-ring (bicyclic) bond motifs is 1. The van der Waals surface area contributed by atoms with Crippen molar-refractivity contribution in [3.05, 3.63) is 23.8 Å². The first-order valence-corrected chi connectivity index (χ1v) is 6.72. The Labute approximate surface area is 109 Å². The standard InChI is InChI=1S/C15H22O3/c1-9-4-7-13(16)10(2)5-6-12-11(3)15(17)18-14(12)8-9/h8,11-14,16H,2,4-7H2,1,3H3/b9-8-/t11-,12?,13-,14+/m0/s1. The lowest BCUT2D eigenvalue weighted by atomic mass is 9.83. The van der Waals surface area contributed by atoms with Gasteiger partial charge >= 0.3 is 5.97 Å². The van der Waals surface area contributed by atoms with Crippen molar-refractivity contribution in [2.75, 3.05) is 0 Å². The third-order valence-electron chi connectivity index (χ3n) is 4.22. The van der Waals surface area contributed by atoms with E-state index < -0.39 is 6.10 Å². The van der Waals surface area contributed by atoms with E-state index in [1.54, 1.807) is 0 Å². The molecule has 3 nitrogen and oxygen atoms in total. The number of carbonyl (C=O) groups is 1. The summed E-state index contributed by atoms with van der Waals surface area (Å²) in [5.74, 6) is 0.0670. The van der Waals surface area contributed by atoms with Gasteiger partial charge in [-0.1, -0.05) is 19.1 Å². The van der Waals surface area contributed by atoms with Gasteiger partial charge < -0.3 is 9.84 Å². The summed E-state index contributed by atoms with van der Waals surface area (Å²) in [6, 6.07) is 0. The molecular weight excluding hydrogens is 228 g/mol. The van der Waals surface area contributed by atoms with Crippen LogP contribution in [0.3, 0.4) is 0 Å². The van der Waals surface area contributed by atoms with Crippen molar-refractivity contribution >= 4 is 5.97 Å². The zero-order chi connectivity index (χ0) is 13.3. The highest BCUT2D eigenvalue weighted by atomic mass is 16.6. The van der Waals surface area contributed by atoms with E-state index in [9.17, 15) is 9.90 Å². The molecule has 2 aliphatic rings. The van der Waals surface area contributed by atoms with Gasteiger partial charge in [-0.2, -0.15) is 0 Å². The van der Waals surface area contributed by atoms with Crippen LogP contribution in [-0.4, -0.2) is 23.3 Å². The van der Waals surface area contributed by atoms with E-state index in [1.165, 1.54) is 5.57 Å². The lowest BCUT2D eigenvalue weighted by Gasteiger charge is -2.22. The van der Waals surface area contributed by atoms with Crippen LogP contribution in [0.25, 0.3) is 0 Å². The van der Waals surface area contributed by atoms with Crippen molar-refractivity contribution in [1.82, 2.24) is 0 Å². The van der Waals surface area contributed by atoms with Gasteiger partial charge in [0, 0.05) is 5.92 Å². The maximum atomic E-state index is 11.7. The molecule has 100 valence electrons. The van der Waals surface area contributed by atoms with Gasteiger partial charge in [0.15, 0.2) is 0 Å². The van der Waals surface area contributed by atoms with Crippen LogP contribution in [0.2, 0.25) is 0 Å². The highest BCUT2D eigenvalue weighted by Gasteiger charge is 2.40. The van der Waals surface area contributed by atoms with Crippen LogP contribution in [-0.2, 0) is 9.53 Å². The van der Waals surface area contributed by atoms with Crippen molar-refractivity contribution in [3.63, 3.8) is 0 Å². The number of carbonyl (C=O) groups excluding carboxylic acids is 1. The van der Waals surface area contributed by atoms with E-state index >= 15 is 0 Å². The fraction of sp³-hybridized carbons (Fsp3) is 0.667. The lowest BCUT2D eigenvalue weighted by Crippen LogP contribution is -2.21. The molecule has 1 heterocycles. The molecule has 0 bridgehead atoms. The Morgan fingerprint density at radius 2 is 2.11 bits per heavy atom. The van der Waals surface area contributed by atoms with Crippen LogP contribution in [0.1, 0.15) is 39.5 Å². The Hall–Kier alpha value is -1.09. The quantitative estimate of drug-likeness (QED) is 0.531. The summed E-state index contributed by atoms with van der Waals surface area (Å²) in [5, 5.41) is 9.95. The fourth-order valence-electron chi connectivity index (χ4n) is 2.81. The second-order valence-corrected chi connectivity index (χ2v) is 5.62. The molecule has 1 N–H and O–H groups in total. The Kier molecular flexibility index (Phi) is 3.91. The number of aliphatic hydroxyl groups is 1. The van der Waals surface area contributed by atoms with Gasteiger partial charge in [-0.25, -0.2) is 0 Å². The molecule has 4 atom stereocenters. The summed E-state index contributed by atoms with van der Waals surface area (Å²) < 4.78 is 5.43. The van der Waals surface area contributed by atoms with Gasteiger partial charge in [0.25, 0.3) is 0 Å². The van der Waals surface area contributed by atoms with Crippen molar-refractivity contribution in [1.29, 1.82) is 0 Å². The van der Waals surface area contributed by atoms with Crippen molar-refractivity contribution in [2.45, 2.75) is 51.7 Å². The Balaban J connectivity index is 2.21. The minimum atomic E-state index is -0.418. The van der Waals surface area contributed by atoms with E-state index in [2.05, 4.69) is 12.7 Å². The first-order valence-electron chi connectivity index (χ1n) is 6.72. The van der Waals surface area contributed by atoms with Crippen LogP contribution < -0.4 is 0 Å². The van der Waals surface area contributed by atoms with Gasteiger partial charge in [0.05, 0.1) is 12.0 Å². The van der Waals surface area contributed by atoms with E-state index in [-0.39, 0.29) is 23.9 Å². The third kappa shape index (κ3) is 2.66. The van der Waals surface area contributed by atoms with Crippen LogP contribution >= 0.6 is 0 Å². The van der Waals surface area contributed by atoms with Crippen LogP contribution in [0.4, 0.5) is 0 Å². The normalized spacial score (nSPS) is 40.7. The molecule has 0 amide bonds. The Morgan fingerprint density at radius 3 is 2.83 bits per heavy atom. The number of esters is 1. The molecular formula is C15H22O3. The third-order valence-corrected chi connectivity index (χ3v) is 4.22. The minimum absolute atomic E-state index is 0.0524. The van der Waals surface area contributed by atoms with Crippen LogP contribution in [0.5, 0.6) is 0 Å². The molecule has 0 aromatic heterocycles. The smallest absolute Gasteiger partial charge is 0.309 e. The molecule has 1 fully saturated rings. The Morgan fingerprint density at radius 1 is 1.39 bits per heavy atom. The maximum Gasteiger partial charge on any atom is 0.309 e. The molecule has 1 aliphatic carbocycles. The number of allylic oxidation sites excluding steroid dienone is 1. The summed E-state index contributed by atoms with van der Waals surface area (Å²) in [6.07, 6.45) is 4.73. The van der Waals surface area contributed by atoms with Gasteiger partial charge in [-0.05, 0) is 44.3 Å². The maximum absolute atomic E-state index is 11.7. The number of hydrogen-bond donors (Lipinski definition) is 1. The van der Waals surface area contributed by atoms with Crippen molar-refractivity contribution < 1.29 is 14.6 Å². The molecule has 1 aliphatic heterocycles. The van der Waals surface area contributed by atoms with E-state index in [0.717, 1.165) is 24.8 Å². The van der Waals surface area contributed by atoms with Crippen LogP contribution in [0, 0.1) is 11.8 Å². The van der Waals surface area contributed by atoms with Crippen LogP contribution in [0.15, 0.2) is 23.8 Å². The fourth-order valence-corrected chi connectivity index (χ4v) is 2.81. The first-order chi connectivity index (χ1) is 8.49. The average molecular weight is 250 g/mol. The van der Waals surface area contributed by atoms with Gasteiger partial charge in [0.2, 0.25) is 0 Å². The molecule has 0 spiro atoms. The molecule has 0 radical (unpaired) electrons. The number of aliphatic hydroxyl groups excluding tert-OH is 1. The number of ether oxygens (including phenoxy) is 1. The summed E-state index contributed by atoms with van der Waals surface area (Å²) in [7, 11) is 0. The summed E-state index contributed by atoms with van der Waals surface area (Å²) in [5.41, 5.74) is 2.07. The molecule has 2 rings (SSSR count). The minimum Gasteiger partial charge on any atom is -0.458 e. The summed E-state index contributed by atoms with van der Waals surface area (Å²) in [6.45, 7) is 7.92. The van der Waals surface area contributed by atoms with E-state index in [4.69, 9.17) is 4.74 Å². The predicted molar refractivity (Wildman–Crippen MR) is 69.9 cm³/mol. The highest BCUT2D eigenvalue weighted by Crippen LogP contribution is 2.35. The van der Waals surface area contributed by atoms with Crippen molar-refractivity contribution in [3.8, 4) is 0 Å². The topological polar surface area (TPSA) is 46.5 Å². The largest absolute Gasteiger partial charge is 0.458 e.